The summed E-state index contributed by atoms with van der Waals surface area (Å²) in [6.45, 7) is 3.10. The van der Waals surface area contributed by atoms with Gasteiger partial charge in [-0.1, -0.05) is 42.5 Å². The average molecular weight is 250 g/mol. The third kappa shape index (κ3) is 2.54. The molecule has 96 valence electrons. The second-order valence-electron chi connectivity index (χ2n) is 4.89. The van der Waals surface area contributed by atoms with Crippen molar-refractivity contribution in [2.24, 2.45) is 0 Å². The predicted molar refractivity (Wildman–Crippen MR) is 80.0 cm³/mol. The molecule has 0 aliphatic heterocycles. The monoisotopic (exact) mass is 250 g/mol. The van der Waals surface area contributed by atoms with Crippen LogP contribution < -0.4 is 5.32 Å². The van der Waals surface area contributed by atoms with Crippen LogP contribution in [0.5, 0.6) is 0 Å². The van der Waals surface area contributed by atoms with E-state index >= 15 is 0 Å². The van der Waals surface area contributed by atoms with Gasteiger partial charge in [0.2, 0.25) is 0 Å². The second-order valence-corrected chi connectivity index (χ2v) is 4.89. The molecule has 1 unspecified atom stereocenters. The van der Waals surface area contributed by atoms with Crippen LogP contribution >= 0.6 is 0 Å². The minimum absolute atomic E-state index is 0.334. The fraction of sp³-hybridized carbons (Fsp3) is 0.176. The van der Waals surface area contributed by atoms with Crippen LogP contribution in [0.3, 0.4) is 0 Å². The van der Waals surface area contributed by atoms with E-state index < -0.39 is 0 Å². The summed E-state index contributed by atoms with van der Waals surface area (Å²) in [5, 5.41) is 6.21. The first-order valence-electron chi connectivity index (χ1n) is 6.67. The molecule has 1 atom stereocenters. The SMILES string of the molecule is CC(NCc1cc[nH]c1)c1cccc2ccccc12. The Morgan fingerprint density at radius 1 is 1.05 bits per heavy atom. The van der Waals surface area contributed by atoms with Crippen molar-refractivity contribution in [1.29, 1.82) is 0 Å². The number of H-pyrrole nitrogens is 1. The molecule has 2 N–H and O–H groups in total. The number of aromatic nitrogens is 1. The van der Waals surface area contributed by atoms with Gasteiger partial charge >= 0.3 is 0 Å². The van der Waals surface area contributed by atoms with Gasteiger partial charge in [-0.2, -0.15) is 0 Å². The highest BCUT2D eigenvalue weighted by molar-refractivity contribution is 5.86. The Balaban J connectivity index is 1.83. The lowest BCUT2D eigenvalue weighted by molar-refractivity contribution is 0.578. The standard InChI is InChI=1S/C17H18N2/c1-13(19-12-14-9-10-18-11-14)16-8-4-6-15-5-2-3-7-17(15)16/h2-11,13,18-19H,12H2,1H3. The van der Waals surface area contributed by atoms with Crippen LogP contribution in [-0.4, -0.2) is 4.98 Å². The van der Waals surface area contributed by atoms with Crippen molar-refractivity contribution < 1.29 is 0 Å². The lowest BCUT2D eigenvalue weighted by atomic mass is 9.99. The molecule has 2 nitrogen and oxygen atoms in total. The number of rotatable bonds is 4. The summed E-state index contributed by atoms with van der Waals surface area (Å²) in [4.78, 5) is 3.08. The van der Waals surface area contributed by atoms with Gasteiger partial charge in [0.1, 0.15) is 0 Å². The minimum Gasteiger partial charge on any atom is -0.367 e. The molecule has 0 saturated heterocycles. The zero-order valence-electron chi connectivity index (χ0n) is 11.1. The van der Waals surface area contributed by atoms with Crippen LogP contribution in [0, 0.1) is 0 Å². The van der Waals surface area contributed by atoms with Gasteiger partial charge in [-0.05, 0) is 34.9 Å². The zero-order chi connectivity index (χ0) is 13.1. The number of nitrogens with one attached hydrogen (secondary N) is 2. The molecule has 3 rings (SSSR count). The molecule has 3 aromatic rings. The molecule has 0 aliphatic carbocycles. The van der Waals surface area contributed by atoms with E-state index in [9.17, 15) is 0 Å². The van der Waals surface area contributed by atoms with Gasteiger partial charge in [0.25, 0.3) is 0 Å². The first-order valence-corrected chi connectivity index (χ1v) is 6.67. The molecule has 0 saturated carbocycles. The first kappa shape index (κ1) is 12.0. The van der Waals surface area contributed by atoms with Crippen LogP contribution in [-0.2, 0) is 6.54 Å². The number of hydrogen-bond donors (Lipinski definition) is 2. The summed E-state index contributed by atoms with van der Waals surface area (Å²) in [5.74, 6) is 0. The molecule has 19 heavy (non-hydrogen) atoms. The molecule has 1 aromatic heterocycles. The average Bonchev–Trinajstić information content (AvgIpc) is 2.97. The van der Waals surface area contributed by atoms with E-state index in [1.165, 1.54) is 21.9 Å². The van der Waals surface area contributed by atoms with E-state index in [1.807, 2.05) is 12.4 Å². The highest BCUT2D eigenvalue weighted by atomic mass is 14.9. The Morgan fingerprint density at radius 3 is 2.74 bits per heavy atom. The maximum Gasteiger partial charge on any atom is 0.0301 e. The summed E-state index contributed by atoms with van der Waals surface area (Å²) >= 11 is 0. The quantitative estimate of drug-likeness (QED) is 0.719. The van der Waals surface area contributed by atoms with Crippen LogP contribution in [0.4, 0.5) is 0 Å². The summed E-state index contributed by atoms with van der Waals surface area (Å²) < 4.78 is 0. The third-order valence-electron chi connectivity index (χ3n) is 3.56. The minimum atomic E-state index is 0.334. The summed E-state index contributed by atoms with van der Waals surface area (Å²) in [5.41, 5.74) is 2.64. The molecule has 0 radical (unpaired) electrons. The van der Waals surface area contributed by atoms with E-state index in [2.05, 4.69) is 65.8 Å². The largest absolute Gasteiger partial charge is 0.367 e. The van der Waals surface area contributed by atoms with Gasteiger partial charge in [0, 0.05) is 25.0 Å². The van der Waals surface area contributed by atoms with Gasteiger partial charge in [0.05, 0.1) is 0 Å². The smallest absolute Gasteiger partial charge is 0.0301 e. The summed E-state index contributed by atoms with van der Waals surface area (Å²) in [7, 11) is 0. The van der Waals surface area contributed by atoms with Crippen LogP contribution in [0.1, 0.15) is 24.1 Å². The predicted octanol–water partition coefficient (Wildman–Crippen LogP) is 4.02. The van der Waals surface area contributed by atoms with Crippen molar-refractivity contribution in [2.45, 2.75) is 19.5 Å². The Hall–Kier alpha value is -2.06. The fourth-order valence-corrected chi connectivity index (χ4v) is 2.48. The van der Waals surface area contributed by atoms with Gasteiger partial charge in [-0.25, -0.2) is 0 Å². The number of aromatic amines is 1. The van der Waals surface area contributed by atoms with Crippen molar-refractivity contribution in [3.05, 3.63) is 72.1 Å². The van der Waals surface area contributed by atoms with E-state index in [4.69, 9.17) is 0 Å². The number of fused-ring (bicyclic) bond motifs is 1. The lowest BCUT2D eigenvalue weighted by Gasteiger charge is -2.16. The molecule has 2 aromatic carbocycles. The maximum absolute atomic E-state index is 3.57. The van der Waals surface area contributed by atoms with Gasteiger partial charge < -0.3 is 10.3 Å². The van der Waals surface area contributed by atoms with Crippen molar-refractivity contribution in [2.75, 3.05) is 0 Å². The van der Waals surface area contributed by atoms with Crippen molar-refractivity contribution >= 4 is 10.8 Å². The van der Waals surface area contributed by atoms with E-state index in [0.29, 0.717) is 6.04 Å². The first-order chi connectivity index (χ1) is 9.34. The maximum atomic E-state index is 3.57. The fourth-order valence-electron chi connectivity index (χ4n) is 2.48. The number of hydrogen-bond acceptors (Lipinski definition) is 1. The second kappa shape index (κ2) is 5.29. The zero-order valence-corrected chi connectivity index (χ0v) is 11.1. The highest BCUT2D eigenvalue weighted by Gasteiger charge is 2.08. The summed E-state index contributed by atoms with van der Waals surface area (Å²) in [6.07, 6.45) is 3.99. The molecule has 0 spiro atoms. The molecule has 0 amide bonds. The molecular formula is C17H18N2. The van der Waals surface area contributed by atoms with Crippen molar-refractivity contribution in [3.8, 4) is 0 Å². The molecule has 0 bridgehead atoms. The Bertz CT molecular complexity index is 651. The van der Waals surface area contributed by atoms with Gasteiger partial charge in [0.15, 0.2) is 0 Å². The summed E-state index contributed by atoms with van der Waals surface area (Å²) in [6, 6.07) is 17.5. The highest BCUT2D eigenvalue weighted by Crippen LogP contribution is 2.24. The van der Waals surface area contributed by atoms with Gasteiger partial charge in [-0.15, -0.1) is 0 Å². The molecule has 0 fully saturated rings. The normalized spacial score (nSPS) is 12.7. The topological polar surface area (TPSA) is 27.8 Å². The van der Waals surface area contributed by atoms with E-state index in [-0.39, 0.29) is 0 Å². The van der Waals surface area contributed by atoms with E-state index in [1.54, 1.807) is 0 Å². The van der Waals surface area contributed by atoms with Crippen LogP contribution in [0.15, 0.2) is 60.9 Å². The Morgan fingerprint density at radius 2 is 1.89 bits per heavy atom. The Kier molecular flexibility index (Phi) is 3.34. The molecule has 1 heterocycles. The van der Waals surface area contributed by atoms with Crippen molar-refractivity contribution in [3.63, 3.8) is 0 Å². The van der Waals surface area contributed by atoms with Gasteiger partial charge in [-0.3, -0.25) is 0 Å². The van der Waals surface area contributed by atoms with Crippen molar-refractivity contribution in [1.82, 2.24) is 10.3 Å². The molecule has 0 aliphatic rings. The van der Waals surface area contributed by atoms with Crippen LogP contribution in [0.2, 0.25) is 0 Å². The van der Waals surface area contributed by atoms with E-state index in [0.717, 1.165) is 6.54 Å². The third-order valence-corrected chi connectivity index (χ3v) is 3.56. The number of benzene rings is 2. The molecule has 2 heteroatoms. The lowest BCUT2D eigenvalue weighted by Crippen LogP contribution is -2.18. The Labute approximate surface area is 113 Å². The molecular weight excluding hydrogens is 232 g/mol. The van der Waals surface area contributed by atoms with Crippen LogP contribution in [0.25, 0.3) is 10.8 Å².